The Bertz CT molecular complexity index is 920. The SMILES string of the molecule is Cc1cccc(OCC(=O)Nc2ccc(Cl)c(-c3ccc(CO)o3)c2)c1. The Morgan fingerprint density at radius 1 is 1.19 bits per heavy atom. The Labute approximate surface area is 156 Å². The van der Waals surface area contributed by atoms with Crippen LogP contribution in [0.3, 0.4) is 0 Å². The van der Waals surface area contributed by atoms with Gasteiger partial charge in [0.25, 0.3) is 5.91 Å². The van der Waals surface area contributed by atoms with Crippen LogP contribution >= 0.6 is 11.6 Å². The molecule has 134 valence electrons. The van der Waals surface area contributed by atoms with Crippen LogP contribution in [0.15, 0.2) is 59.0 Å². The number of aliphatic hydroxyl groups excluding tert-OH is 1. The summed E-state index contributed by atoms with van der Waals surface area (Å²) < 4.78 is 11.0. The van der Waals surface area contributed by atoms with Crippen molar-refractivity contribution in [3.63, 3.8) is 0 Å². The van der Waals surface area contributed by atoms with Gasteiger partial charge in [0, 0.05) is 11.3 Å². The standard InChI is InChI=1S/C20H18ClNO4/c1-13-3-2-4-15(9-13)25-12-20(24)22-14-5-7-18(21)17(10-14)19-8-6-16(11-23)26-19/h2-10,23H,11-12H2,1H3,(H,22,24). The highest BCUT2D eigenvalue weighted by molar-refractivity contribution is 6.33. The molecule has 1 amide bonds. The maximum absolute atomic E-state index is 12.1. The monoisotopic (exact) mass is 371 g/mol. The van der Waals surface area contributed by atoms with E-state index in [4.69, 9.17) is 25.9 Å². The maximum Gasteiger partial charge on any atom is 0.262 e. The van der Waals surface area contributed by atoms with Crippen molar-refractivity contribution in [2.45, 2.75) is 13.5 Å². The van der Waals surface area contributed by atoms with Crippen molar-refractivity contribution in [2.24, 2.45) is 0 Å². The van der Waals surface area contributed by atoms with Gasteiger partial charge in [-0.25, -0.2) is 0 Å². The third-order valence-corrected chi connectivity index (χ3v) is 4.02. The number of hydrogen-bond donors (Lipinski definition) is 2. The van der Waals surface area contributed by atoms with Crippen molar-refractivity contribution in [1.82, 2.24) is 0 Å². The zero-order valence-corrected chi connectivity index (χ0v) is 14.9. The van der Waals surface area contributed by atoms with Crippen LogP contribution in [0.4, 0.5) is 5.69 Å². The summed E-state index contributed by atoms with van der Waals surface area (Å²) in [5, 5.41) is 12.4. The van der Waals surface area contributed by atoms with E-state index in [-0.39, 0.29) is 19.1 Å². The van der Waals surface area contributed by atoms with Crippen molar-refractivity contribution >= 4 is 23.2 Å². The molecule has 0 aliphatic rings. The van der Waals surface area contributed by atoms with Gasteiger partial charge in [-0.15, -0.1) is 0 Å². The zero-order chi connectivity index (χ0) is 18.5. The number of anilines is 1. The summed E-state index contributed by atoms with van der Waals surface area (Å²) >= 11 is 6.22. The number of rotatable bonds is 6. The highest BCUT2D eigenvalue weighted by Crippen LogP contribution is 2.32. The molecule has 6 heteroatoms. The Morgan fingerprint density at radius 2 is 2.04 bits per heavy atom. The first-order valence-corrected chi connectivity index (χ1v) is 8.42. The van der Waals surface area contributed by atoms with E-state index in [0.29, 0.717) is 33.5 Å². The third kappa shape index (κ3) is 4.45. The molecular formula is C20H18ClNO4. The van der Waals surface area contributed by atoms with E-state index in [1.165, 1.54) is 0 Å². The Hall–Kier alpha value is -2.76. The van der Waals surface area contributed by atoms with Gasteiger partial charge in [0.15, 0.2) is 6.61 Å². The predicted octanol–water partition coefficient (Wildman–Crippen LogP) is 4.42. The number of aryl methyl sites for hydroxylation is 1. The van der Waals surface area contributed by atoms with Crippen molar-refractivity contribution in [3.8, 4) is 17.1 Å². The molecule has 26 heavy (non-hydrogen) atoms. The molecule has 1 heterocycles. The zero-order valence-electron chi connectivity index (χ0n) is 14.2. The lowest BCUT2D eigenvalue weighted by molar-refractivity contribution is -0.118. The van der Waals surface area contributed by atoms with Crippen LogP contribution in [0.25, 0.3) is 11.3 Å². The van der Waals surface area contributed by atoms with Crippen molar-refractivity contribution in [1.29, 1.82) is 0 Å². The summed E-state index contributed by atoms with van der Waals surface area (Å²) in [4.78, 5) is 12.1. The number of aliphatic hydroxyl groups is 1. The minimum Gasteiger partial charge on any atom is -0.484 e. The fourth-order valence-electron chi connectivity index (χ4n) is 2.45. The quantitative estimate of drug-likeness (QED) is 0.672. The molecule has 0 saturated carbocycles. The molecule has 0 spiro atoms. The number of hydrogen-bond acceptors (Lipinski definition) is 4. The molecule has 0 unspecified atom stereocenters. The summed E-state index contributed by atoms with van der Waals surface area (Å²) in [6, 6.07) is 16.0. The lowest BCUT2D eigenvalue weighted by Gasteiger charge is -2.10. The first-order chi connectivity index (χ1) is 12.5. The van der Waals surface area contributed by atoms with Crippen LogP contribution in [-0.2, 0) is 11.4 Å². The van der Waals surface area contributed by atoms with Crippen LogP contribution < -0.4 is 10.1 Å². The van der Waals surface area contributed by atoms with Gasteiger partial charge in [-0.05, 0) is 55.0 Å². The number of amides is 1. The number of carbonyl (C=O) groups is 1. The number of furan rings is 1. The third-order valence-electron chi connectivity index (χ3n) is 3.69. The van der Waals surface area contributed by atoms with Gasteiger partial charge in [-0.1, -0.05) is 23.7 Å². The summed E-state index contributed by atoms with van der Waals surface area (Å²) in [6.07, 6.45) is 0. The first kappa shape index (κ1) is 18.0. The molecule has 0 fully saturated rings. The molecule has 0 aliphatic carbocycles. The molecule has 5 nitrogen and oxygen atoms in total. The lowest BCUT2D eigenvalue weighted by Crippen LogP contribution is -2.20. The molecule has 0 aliphatic heterocycles. The van der Waals surface area contributed by atoms with Crippen molar-refractivity contribution in [2.75, 3.05) is 11.9 Å². The van der Waals surface area contributed by atoms with Crippen molar-refractivity contribution in [3.05, 3.63) is 70.9 Å². The largest absolute Gasteiger partial charge is 0.484 e. The number of ether oxygens (including phenoxy) is 1. The van der Waals surface area contributed by atoms with Crippen LogP contribution in [0.1, 0.15) is 11.3 Å². The van der Waals surface area contributed by atoms with E-state index in [1.807, 2.05) is 25.1 Å². The van der Waals surface area contributed by atoms with E-state index in [9.17, 15) is 4.79 Å². The highest BCUT2D eigenvalue weighted by atomic mass is 35.5. The van der Waals surface area contributed by atoms with Crippen LogP contribution in [0, 0.1) is 6.92 Å². The number of nitrogens with one attached hydrogen (secondary N) is 1. The van der Waals surface area contributed by atoms with Gasteiger partial charge in [0.1, 0.15) is 23.9 Å². The molecule has 0 bridgehead atoms. The summed E-state index contributed by atoms with van der Waals surface area (Å²) in [5.41, 5.74) is 2.26. The molecule has 0 saturated heterocycles. The predicted molar refractivity (Wildman–Crippen MR) is 100 cm³/mol. The minimum atomic E-state index is -0.282. The highest BCUT2D eigenvalue weighted by Gasteiger charge is 2.11. The minimum absolute atomic E-state index is 0.100. The number of halogens is 1. The Balaban J connectivity index is 1.67. The fraction of sp³-hybridized carbons (Fsp3) is 0.150. The van der Waals surface area contributed by atoms with Gasteiger partial charge >= 0.3 is 0 Å². The molecule has 2 N–H and O–H groups in total. The normalized spacial score (nSPS) is 10.6. The molecule has 1 aromatic heterocycles. The van der Waals surface area contributed by atoms with E-state index in [1.54, 1.807) is 36.4 Å². The Morgan fingerprint density at radius 3 is 2.77 bits per heavy atom. The maximum atomic E-state index is 12.1. The molecule has 3 rings (SSSR count). The smallest absolute Gasteiger partial charge is 0.262 e. The van der Waals surface area contributed by atoms with Gasteiger partial charge in [0.2, 0.25) is 0 Å². The summed E-state index contributed by atoms with van der Waals surface area (Å²) in [5.74, 6) is 1.32. The van der Waals surface area contributed by atoms with E-state index >= 15 is 0 Å². The second kappa shape index (κ2) is 8.08. The van der Waals surface area contributed by atoms with E-state index in [2.05, 4.69) is 5.32 Å². The average molecular weight is 372 g/mol. The lowest BCUT2D eigenvalue weighted by atomic mass is 10.1. The van der Waals surface area contributed by atoms with Crippen molar-refractivity contribution < 1.29 is 19.1 Å². The topological polar surface area (TPSA) is 71.7 Å². The second-order valence-corrected chi connectivity index (χ2v) is 6.18. The molecule has 2 aromatic carbocycles. The Kier molecular flexibility index (Phi) is 5.61. The van der Waals surface area contributed by atoms with Crippen LogP contribution in [-0.4, -0.2) is 17.6 Å². The van der Waals surface area contributed by atoms with Gasteiger partial charge in [-0.3, -0.25) is 4.79 Å². The number of carbonyl (C=O) groups excluding carboxylic acids is 1. The second-order valence-electron chi connectivity index (χ2n) is 5.77. The van der Waals surface area contributed by atoms with Gasteiger partial charge < -0.3 is 19.6 Å². The van der Waals surface area contributed by atoms with Crippen LogP contribution in [0.2, 0.25) is 5.02 Å². The van der Waals surface area contributed by atoms with E-state index < -0.39 is 0 Å². The molecule has 0 atom stereocenters. The summed E-state index contributed by atoms with van der Waals surface area (Å²) in [6.45, 7) is 1.67. The van der Waals surface area contributed by atoms with E-state index in [0.717, 1.165) is 5.56 Å². The number of benzene rings is 2. The van der Waals surface area contributed by atoms with Gasteiger partial charge in [0.05, 0.1) is 5.02 Å². The van der Waals surface area contributed by atoms with Gasteiger partial charge in [-0.2, -0.15) is 0 Å². The summed E-state index contributed by atoms with van der Waals surface area (Å²) in [7, 11) is 0. The fourth-order valence-corrected chi connectivity index (χ4v) is 2.66. The molecular weight excluding hydrogens is 354 g/mol. The average Bonchev–Trinajstić information content (AvgIpc) is 3.11. The first-order valence-electron chi connectivity index (χ1n) is 8.04. The molecule has 3 aromatic rings. The molecule has 0 radical (unpaired) electrons. The van der Waals surface area contributed by atoms with Crippen LogP contribution in [0.5, 0.6) is 5.75 Å².